The number of sulfonamides is 1. The quantitative estimate of drug-likeness (QED) is 0.317. The number of benzene rings is 3. The van der Waals surface area contributed by atoms with Crippen LogP contribution < -0.4 is 14.4 Å². The summed E-state index contributed by atoms with van der Waals surface area (Å²) in [6.45, 7) is 7.22. The predicted molar refractivity (Wildman–Crippen MR) is 158 cm³/mol. The van der Waals surface area contributed by atoms with Gasteiger partial charge in [-0.05, 0) is 56.5 Å². The van der Waals surface area contributed by atoms with Gasteiger partial charge in [-0.3, -0.25) is 13.9 Å². The Labute approximate surface area is 238 Å². The zero-order valence-corrected chi connectivity index (χ0v) is 24.6. The van der Waals surface area contributed by atoms with Gasteiger partial charge in [0, 0.05) is 12.6 Å². The standard InChI is InChI=1S/C31H39N3O5S/c1-6-24(4)32-31(36)27(7-2)33(21-25-13-9-8-10-14-25)30(35)22-34(28-15-11-12-16-29(28)39-5)40(37,38)26-19-17-23(3)18-20-26/h8-20,24,27H,6-7,21-22H2,1-5H3,(H,32,36)/t24-,27-/m1/s1. The number of carbonyl (C=O) groups excluding carboxylic acids is 2. The first-order chi connectivity index (χ1) is 19.1. The fourth-order valence-electron chi connectivity index (χ4n) is 4.33. The first-order valence-corrected chi connectivity index (χ1v) is 14.9. The second-order valence-corrected chi connectivity index (χ2v) is 11.6. The summed E-state index contributed by atoms with van der Waals surface area (Å²) >= 11 is 0. The molecule has 0 saturated heterocycles. The maximum Gasteiger partial charge on any atom is 0.264 e. The highest BCUT2D eigenvalue weighted by Gasteiger charge is 2.34. The van der Waals surface area contributed by atoms with Crippen LogP contribution in [0.3, 0.4) is 0 Å². The molecule has 0 aliphatic rings. The smallest absolute Gasteiger partial charge is 0.264 e. The maximum atomic E-state index is 14.1. The third-order valence-corrected chi connectivity index (χ3v) is 8.60. The molecule has 0 spiro atoms. The fourth-order valence-corrected chi connectivity index (χ4v) is 5.75. The van der Waals surface area contributed by atoms with Crippen molar-refractivity contribution in [3.8, 4) is 5.75 Å². The van der Waals surface area contributed by atoms with Crippen molar-refractivity contribution in [1.29, 1.82) is 0 Å². The number of hydrogen-bond acceptors (Lipinski definition) is 5. The van der Waals surface area contributed by atoms with Crippen molar-refractivity contribution in [3.05, 3.63) is 90.0 Å². The van der Waals surface area contributed by atoms with E-state index in [1.807, 2.05) is 58.0 Å². The van der Waals surface area contributed by atoms with Crippen LogP contribution in [0.5, 0.6) is 5.75 Å². The summed E-state index contributed by atoms with van der Waals surface area (Å²) in [7, 11) is -2.73. The van der Waals surface area contributed by atoms with Crippen LogP contribution in [-0.2, 0) is 26.2 Å². The lowest BCUT2D eigenvalue weighted by atomic mass is 10.1. The molecule has 1 N–H and O–H groups in total. The van der Waals surface area contributed by atoms with Gasteiger partial charge in [-0.1, -0.05) is 74.0 Å². The van der Waals surface area contributed by atoms with Gasteiger partial charge in [0.15, 0.2) is 0 Å². The number of amides is 2. The van der Waals surface area contributed by atoms with Gasteiger partial charge in [0.1, 0.15) is 18.3 Å². The Morgan fingerprint density at radius 1 is 0.900 bits per heavy atom. The molecular weight excluding hydrogens is 526 g/mol. The molecule has 0 fully saturated rings. The van der Waals surface area contributed by atoms with Crippen LogP contribution in [0.2, 0.25) is 0 Å². The van der Waals surface area contributed by atoms with Crippen LogP contribution in [-0.4, -0.2) is 50.9 Å². The zero-order chi connectivity index (χ0) is 29.3. The zero-order valence-electron chi connectivity index (χ0n) is 23.8. The number of para-hydroxylation sites is 2. The van der Waals surface area contributed by atoms with Gasteiger partial charge in [0.2, 0.25) is 11.8 Å². The molecule has 0 unspecified atom stereocenters. The normalized spacial score (nSPS) is 12.7. The predicted octanol–water partition coefficient (Wildman–Crippen LogP) is 4.92. The van der Waals surface area contributed by atoms with Crippen molar-refractivity contribution < 1.29 is 22.7 Å². The third-order valence-electron chi connectivity index (χ3n) is 6.82. The number of hydrogen-bond donors (Lipinski definition) is 1. The number of ether oxygens (including phenoxy) is 1. The Morgan fingerprint density at radius 2 is 1.52 bits per heavy atom. The monoisotopic (exact) mass is 565 g/mol. The number of anilines is 1. The SMILES string of the molecule is CC[C@@H](C)NC(=O)[C@@H](CC)N(Cc1ccccc1)C(=O)CN(c1ccccc1OC)S(=O)(=O)c1ccc(C)cc1. The molecule has 0 aromatic heterocycles. The molecule has 8 nitrogen and oxygen atoms in total. The first-order valence-electron chi connectivity index (χ1n) is 13.5. The molecule has 2 amide bonds. The van der Waals surface area contributed by atoms with Crippen molar-refractivity contribution in [2.45, 2.75) is 64.1 Å². The second kappa shape index (κ2) is 14.0. The molecule has 214 valence electrons. The van der Waals surface area contributed by atoms with E-state index in [0.29, 0.717) is 12.2 Å². The van der Waals surface area contributed by atoms with Crippen LogP contribution in [0.25, 0.3) is 0 Å². The summed E-state index contributed by atoms with van der Waals surface area (Å²) in [6, 6.07) is 21.6. The molecule has 3 aromatic rings. The van der Waals surface area contributed by atoms with Crippen LogP contribution in [0, 0.1) is 6.92 Å². The van der Waals surface area contributed by atoms with E-state index in [0.717, 1.165) is 21.9 Å². The minimum absolute atomic E-state index is 0.0490. The maximum absolute atomic E-state index is 14.1. The highest BCUT2D eigenvalue weighted by Crippen LogP contribution is 2.32. The van der Waals surface area contributed by atoms with E-state index in [1.165, 1.54) is 24.1 Å². The Morgan fingerprint density at radius 3 is 2.12 bits per heavy atom. The van der Waals surface area contributed by atoms with E-state index in [1.54, 1.807) is 36.4 Å². The van der Waals surface area contributed by atoms with Crippen LogP contribution in [0.15, 0.2) is 83.8 Å². The average molecular weight is 566 g/mol. The number of carbonyl (C=O) groups is 2. The van der Waals surface area contributed by atoms with Crippen LogP contribution in [0.1, 0.15) is 44.7 Å². The van der Waals surface area contributed by atoms with Gasteiger partial charge >= 0.3 is 0 Å². The van der Waals surface area contributed by atoms with Crippen molar-refractivity contribution in [2.24, 2.45) is 0 Å². The molecule has 0 aliphatic heterocycles. The summed E-state index contributed by atoms with van der Waals surface area (Å²) < 4.78 is 34.6. The Bertz CT molecular complexity index is 1380. The largest absolute Gasteiger partial charge is 0.495 e. The Kier molecular flexibility index (Phi) is 10.7. The summed E-state index contributed by atoms with van der Waals surface area (Å²) in [6.07, 6.45) is 1.10. The molecule has 0 aliphatic carbocycles. The second-order valence-electron chi connectivity index (χ2n) is 9.75. The van der Waals surface area contributed by atoms with Gasteiger partial charge in [-0.15, -0.1) is 0 Å². The summed E-state index contributed by atoms with van der Waals surface area (Å²) in [4.78, 5) is 29.0. The summed E-state index contributed by atoms with van der Waals surface area (Å²) in [5.41, 5.74) is 1.97. The molecule has 3 aromatic carbocycles. The molecular formula is C31H39N3O5S. The Balaban J connectivity index is 2.08. The number of methoxy groups -OCH3 is 1. The summed E-state index contributed by atoms with van der Waals surface area (Å²) in [5.74, 6) is -0.467. The van der Waals surface area contributed by atoms with Gasteiger partial charge in [0.05, 0.1) is 17.7 Å². The van der Waals surface area contributed by atoms with Crippen molar-refractivity contribution in [3.63, 3.8) is 0 Å². The third kappa shape index (κ3) is 7.41. The lowest BCUT2D eigenvalue weighted by Gasteiger charge is -2.34. The van der Waals surface area contributed by atoms with E-state index < -0.39 is 28.5 Å². The van der Waals surface area contributed by atoms with E-state index in [4.69, 9.17) is 4.74 Å². The lowest BCUT2D eigenvalue weighted by molar-refractivity contribution is -0.140. The van der Waals surface area contributed by atoms with Gasteiger partial charge in [0.25, 0.3) is 10.0 Å². The lowest BCUT2D eigenvalue weighted by Crippen LogP contribution is -2.53. The molecule has 3 rings (SSSR count). The summed E-state index contributed by atoms with van der Waals surface area (Å²) in [5, 5.41) is 2.98. The molecule has 0 bridgehead atoms. The van der Waals surface area contributed by atoms with Gasteiger partial charge in [-0.25, -0.2) is 8.42 Å². The molecule has 2 atom stereocenters. The molecule has 40 heavy (non-hydrogen) atoms. The van der Waals surface area contributed by atoms with Crippen LogP contribution in [0.4, 0.5) is 5.69 Å². The molecule has 0 radical (unpaired) electrons. The highest BCUT2D eigenvalue weighted by molar-refractivity contribution is 7.92. The first kappa shape index (κ1) is 30.7. The van der Waals surface area contributed by atoms with Crippen molar-refractivity contribution in [2.75, 3.05) is 18.0 Å². The van der Waals surface area contributed by atoms with Gasteiger partial charge < -0.3 is 15.0 Å². The molecule has 9 heteroatoms. The number of nitrogens with zero attached hydrogens (tertiary/aromatic N) is 2. The molecule has 0 saturated carbocycles. The minimum atomic E-state index is -4.18. The average Bonchev–Trinajstić information content (AvgIpc) is 2.96. The number of rotatable bonds is 13. The van der Waals surface area contributed by atoms with Crippen LogP contribution >= 0.6 is 0 Å². The highest BCUT2D eigenvalue weighted by atomic mass is 32.2. The Hall–Kier alpha value is -3.85. The van der Waals surface area contributed by atoms with E-state index in [-0.39, 0.29) is 29.1 Å². The number of aryl methyl sites for hydroxylation is 1. The van der Waals surface area contributed by atoms with E-state index >= 15 is 0 Å². The molecule has 0 heterocycles. The van der Waals surface area contributed by atoms with E-state index in [2.05, 4.69) is 5.32 Å². The number of nitrogens with one attached hydrogen (secondary N) is 1. The van der Waals surface area contributed by atoms with E-state index in [9.17, 15) is 18.0 Å². The topological polar surface area (TPSA) is 96.0 Å². The van der Waals surface area contributed by atoms with Crippen molar-refractivity contribution >= 4 is 27.5 Å². The van der Waals surface area contributed by atoms with Crippen molar-refractivity contribution in [1.82, 2.24) is 10.2 Å². The minimum Gasteiger partial charge on any atom is -0.495 e. The van der Waals surface area contributed by atoms with Gasteiger partial charge in [-0.2, -0.15) is 0 Å². The fraction of sp³-hybridized carbons (Fsp3) is 0.355.